The van der Waals surface area contributed by atoms with Crippen molar-refractivity contribution >= 4 is 5.69 Å². The Kier molecular flexibility index (Phi) is 3.44. The third-order valence-electron chi connectivity index (χ3n) is 3.38. The number of fused-ring (bicyclic) bond motifs is 1. The number of halogens is 1. The molecule has 0 saturated carbocycles. The molecule has 3 heteroatoms. The summed E-state index contributed by atoms with van der Waals surface area (Å²) >= 11 is 0. The second-order valence-corrected chi connectivity index (χ2v) is 4.26. The predicted octanol–water partition coefficient (Wildman–Crippen LogP) is 2.50. The van der Waals surface area contributed by atoms with E-state index in [1.54, 1.807) is 6.07 Å². The van der Waals surface area contributed by atoms with E-state index in [-0.39, 0.29) is 5.82 Å². The molecule has 0 fully saturated rings. The highest BCUT2D eigenvalue weighted by Crippen LogP contribution is 2.24. The molecule has 0 saturated heterocycles. The van der Waals surface area contributed by atoms with Crippen LogP contribution in [0.1, 0.15) is 19.4 Å². The summed E-state index contributed by atoms with van der Waals surface area (Å²) in [7, 11) is 0. The fourth-order valence-corrected chi connectivity index (χ4v) is 2.46. The van der Waals surface area contributed by atoms with Gasteiger partial charge < -0.3 is 5.32 Å². The third kappa shape index (κ3) is 2.19. The highest BCUT2D eigenvalue weighted by molar-refractivity contribution is 5.53. The summed E-state index contributed by atoms with van der Waals surface area (Å²) in [6.45, 7) is 7.40. The molecular weight excluding hydrogens is 203 g/mol. The Labute approximate surface area is 96.5 Å². The maximum absolute atomic E-state index is 13.1. The van der Waals surface area contributed by atoms with Gasteiger partial charge in [0.05, 0.1) is 0 Å². The lowest BCUT2D eigenvalue weighted by Crippen LogP contribution is -2.43. The Morgan fingerprint density at radius 3 is 2.81 bits per heavy atom. The molecule has 1 atom stereocenters. The first-order chi connectivity index (χ1) is 7.74. The number of rotatable bonds is 3. The normalized spacial score (nSPS) is 19.4. The van der Waals surface area contributed by atoms with E-state index in [0.29, 0.717) is 6.04 Å². The van der Waals surface area contributed by atoms with Crippen LogP contribution in [-0.2, 0) is 6.42 Å². The van der Waals surface area contributed by atoms with Crippen molar-refractivity contribution in [3.05, 3.63) is 29.6 Å². The second-order valence-electron chi connectivity index (χ2n) is 4.26. The fourth-order valence-electron chi connectivity index (χ4n) is 2.46. The molecule has 1 aromatic rings. The van der Waals surface area contributed by atoms with Gasteiger partial charge in [-0.05, 0) is 43.3 Å². The Morgan fingerprint density at radius 1 is 1.38 bits per heavy atom. The molecule has 1 heterocycles. The van der Waals surface area contributed by atoms with Gasteiger partial charge in [0, 0.05) is 18.3 Å². The zero-order chi connectivity index (χ0) is 11.5. The minimum Gasteiger partial charge on any atom is -0.383 e. The Hall–Kier alpha value is -1.09. The van der Waals surface area contributed by atoms with Gasteiger partial charge in [0.2, 0.25) is 0 Å². The van der Waals surface area contributed by atoms with Crippen molar-refractivity contribution in [2.45, 2.75) is 26.3 Å². The number of benzene rings is 1. The van der Waals surface area contributed by atoms with Gasteiger partial charge in [0.25, 0.3) is 0 Å². The molecule has 1 aromatic carbocycles. The van der Waals surface area contributed by atoms with Gasteiger partial charge in [-0.25, -0.2) is 4.39 Å². The van der Waals surface area contributed by atoms with Gasteiger partial charge in [0.1, 0.15) is 5.82 Å². The van der Waals surface area contributed by atoms with E-state index in [9.17, 15) is 4.39 Å². The van der Waals surface area contributed by atoms with Crippen LogP contribution in [0.2, 0.25) is 0 Å². The molecule has 0 aliphatic carbocycles. The smallest absolute Gasteiger partial charge is 0.123 e. The number of nitrogens with zero attached hydrogens (tertiary/aromatic N) is 1. The monoisotopic (exact) mass is 222 g/mol. The van der Waals surface area contributed by atoms with Gasteiger partial charge in [-0.2, -0.15) is 0 Å². The molecule has 2 rings (SSSR count). The molecule has 0 aromatic heterocycles. The topological polar surface area (TPSA) is 15.3 Å². The van der Waals surface area contributed by atoms with Gasteiger partial charge in [-0.15, -0.1) is 0 Å². The summed E-state index contributed by atoms with van der Waals surface area (Å²) < 4.78 is 13.1. The summed E-state index contributed by atoms with van der Waals surface area (Å²) in [4.78, 5) is 2.42. The van der Waals surface area contributed by atoms with Crippen LogP contribution in [0.5, 0.6) is 0 Å². The highest BCUT2D eigenvalue weighted by atomic mass is 19.1. The zero-order valence-corrected chi connectivity index (χ0v) is 9.96. The molecule has 88 valence electrons. The van der Waals surface area contributed by atoms with E-state index in [0.717, 1.165) is 37.3 Å². The van der Waals surface area contributed by atoms with Crippen molar-refractivity contribution in [3.8, 4) is 0 Å². The number of likely N-dealkylation sites (N-methyl/N-ethyl adjacent to an activating group) is 1. The average Bonchev–Trinajstić information content (AvgIpc) is 2.30. The minimum atomic E-state index is -0.138. The number of anilines is 1. The van der Waals surface area contributed by atoms with Gasteiger partial charge in [-0.3, -0.25) is 4.90 Å². The fraction of sp³-hybridized carbons (Fsp3) is 0.538. The van der Waals surface area contributed by atoms with Gasteiger partial charge in [0.15, 0.2) is 0 Å². The molecule has 0 amide bonds. The van der Waals surface area contributed by atoms with Crippen molar-refractivity contribution in [1.29, 1.82) is 0 Å². The first kappa shape index (κ1) is 11.4. The summed E-state index contributed by atoms with van der Waals surface area (Å²) in [5.41, 5.74) is 2.19. The average molecular weight is 222 g/mol. The molecule has 1 aliphatic heterocycles. The molecule has 0 bridgehead atoms. The maximum Gasteiger partial charge on any atom is 0.123 e. The van der Waals surface area contributed by atoms with Crippen LogP contribution in [0.3, 0.4) is 0 Å². The SMILES string of the molecule is CCN(CC)C1CNc2ccc(F)cc2C1. The molecule has 1 aliphatic rings. The molecule has 1 N–H and O–H groups in total. The van der Waals surface area contributed by atoms with Crippen LogP contribution in [-0.4, -0.2) is 30.6 Å². The van der Waals surface area contributed by atoms with E-state index in [1.165, 1.54) is 6.07 Å². The first-order valence-corrected chi connectivity index (χ1v) is 6.01. The van der Waals surface area contributed by atoms with Crippen LogP contribution >= 0.6 is 0 Å². The van der Waals surface area contributed by atoms with E-state index in [4.69, 9.17) is 0 Å². The molecule has 0 spiro atoms. The lowest BCUT2D eigenvalue weighted by atomic mass is 9.98. The number of hydrogen-bond acceptors (Lipinski definition) is 2. The summed E-state index contributed by atoms with van der Waals surface area (Å²) in [5.74, 6) is -0.138. The largest absolute Gasteiger partial charge is 0.383 e. The third-order valence-corrected chi connectivity index (χ3v) is 3.38. The Bertz CT molecular complexity index is 361. The molecule has 0 radical (unpaired) electrons. The van der Waals surface area contributed by atoms with Crippen molar-refractivity contribution in [2.24, 2.45) is 0 Å². The van der Waals surface area contributed by atoms with E-state index in [1.807, 2.05) is 6.07 Å². The van der Waals surface area contributed by atoms with Crippen molar-refractivity contribution < 1.29 is 4.39 Å². The molecule has 2 nitrogen and oxygen atoms in total. The maximum atomic E-state index is 13.1. The zero-order valence-electron chi connectivity index (χ0n) is 9.96. The highest BCUT2D eigenvalue weighted by Gasteiger charge is 2.22. The Balaban J connectivity index is 2.16. The minimum absolute atomic E-state index is 0.138. The number of hydrogen-bond donors (Lipinski definition) is 1. The standard InChI is InChI=1S/C13H19FN2/c1-3-16(4-2)12-8-10-7-11(14)5-6-13(10)15-9-12/h5-7,12,15H,3-4,8-9H2,1-2H3. The first-order valence-electron chi connectivity index (χ1n) is 6.01. The lowest BCUT2D eigenvalue weighted by Gasteiger charge is -2.34. The predicted molar refractivity (Wildman–Crippen MR) is 65.3 cm³/mol. The second kappa shape index (κ2) is 4.83. The van der Waals surface area contributed by atoms with Crippen LogP contribution in [0, 0.1) is 5.82 Å². The molecule has 1 unspecified atom stereocenters. The van der Waals surface area contributed by atoms with E-state index >= 15 is 0 Å². The molecule has 16 heavy (non-hydrogen) atoms. The summed E-state index contributed by atoms with van der Waals surface area (Å²) in [6, 6.07) is 5.49. The molecular formula is C13H19FN2. The Morgan fingerprint density at radius 2 is 2.12 bits per heavy atom. The van der Waals surface area contributed by atoms with E-state index in [2.05, 4.69) is 24.1 Å². The van der Waals surface area contributed by atoms with Crippen molar-refractivity contribution in [3.63, 3.8) is 0 Å². The van der Waals surface area contributed by atoms with Crippen LogP contribution in [0.15, 0.2) is 18.2 Å². The van der Waals surface area contributed by atoms with Crippen LogP contribution < -0.4 is 5.32 Å². The summed E-state index contributed by atoms with van der Waals surface area (Å²) in [5, 5.41) is 3.38. The van der Waals surface area contributed by atoms with Gasteiger partial charge >= 0.3 is 0 Å². The van der Waals surface area contributed by atoms with Crippen LogP contribution in [0.25, 0.3) is 0 Å². The lowest BCUT2D eigenvalue weighted by molar-refractivity contribution is 0.221. The van der Waals surface area contributed by atoms with Crippen LogP contribution in [0.4, 0.5) is 10.1 Å². The quantitative estimate of drug-likeness (QED) is 0.845. The summed E-state index contributed by atoms with van der Waals surface area (Å²) in [6.07, 6.45) is 0.946. The van der Waals surface area contributed by atoms with Crippen molar-refractivity contribution in [2.75, 3.05) is 25.0 Å². The van der Waals surface area contributed by atoms with Crippen molar-refractivity contribution in [1.82, 2.24) is 4.90 Å². The number of nitrogens with one attached hydrogen (secondary N) is 1. The van der Waals surface area contributed by atoms with Gasteiger partial charge in [-0.1, -0.05) is 13.8 Å². The van der Waals surface area contributed by atoms with E-state index < -0.39 is 0 Å².